The third-order valence-electron chi connectivity index (χ3n) is 3.44. The average Bonchev–Trinajstić information content (AvgIpc) is 2.58. The average molecular weight is 311 g/mol. The van der Waals surface area contributed by atoms with Gasteiger partial charge in [0.1, 0.15) is 0 Å². The van der Waals surface area contributed by atoms with Gasteiger partial charge in [-0.25, -0.2) is 4.79 Å². The second kappa shape index (κ2) is 6.66. The van der Waals surface area contributed by atoms with Crippen LogP contribution in [0.4, 0.5) is 10.5 Å². The molecule has 1 fully saturated rings. The van der Waals surface area contributed by atoms with E-state index in [9.17, 15) is 4.79 Å². The van der Waals surface area contributed by atoms with Gasteiger partial charge in [-0.3, -0.25) is 14.8 Å². The highest BCUT2D eigenvalue weighted by Crippen LogP contribution is 2.25. The van der Waals surface area contributed by atoms with Crippen molar-refractivity contribution in [3.63, 3.8) is 0 Å². The van der Waals surface area contributed by atoms with Gasteiger partial charge >= 0.3 is 6.03 Å². The quantitative estimate of drug-likeness (QED) is 0.864. The molecular formula is C17H17N3OS. The van der Waals surface area contributed by atoms with Gasteiger partial charge in [0.05, 0.1) is 12.4 Å². The number of anilines is 1. The molecule has 0 bridgehead atoms. The SMILES string of the molecule is CN1C(=O)N(c2ccccc2)CS/C1=N/Cc1ccccc1. The van der Waals surface area contributed by atoms with Crippen molar-refractivity contribution in [3.05, 3.63) is 66.2 Å². The van der Waals surface area contributed by atoms with E-state index in [2.05, 4.69) is 4.99 Å². The van der Waals surface area contributed by atoms with Crippen molar-refractivity contribution in [2.24, 2.45) is 4.99 Å². The molecule has 1 heterocycles. The Bertz CT molecular complexity index is 673. The van der Waals surface area contributed by atoms with Crippen molar-refractivity contribution in [1.82, 2.24) is 4.90 Å². The Balaban J connectivity index is 1.72. The van der Waals surface area contributed by atoms with E-state index >= 15 is 0 Å². The van der Waals surface area contributed by atoms with Gasteiger partial charge in [-0.2, -0.15) is 0 Å². The normalized spacial score (nSPS) is 17.1. The molecule has 1 aliphatic heterocycles. The molecule has 0 unspecified atom stereocenters. The van der Waals surface area contributed by atoms with Gasteiger partial charge in [0.15, 0.2) is 5.17 Å². The third kappa shape index (κ3) is 3.14. The van der Waals surface area contributed by atoms with Gasteiger partial charge in [0.2, 0.25) is 0 Å². The Morgan fingerprint density at radius 2 is 1.68 bits per heavy atom. The number of rotatable bonds is 3. The number of nitrogens with zero attached hydrogens (tertiary/aromatic N) is 3. The Morgan fingerprint density at radius 3 is 2.36 bits per heavy atom. The number of para-hydroxylation sites is 1. The molecule has 22 heavy (non-hydrogen) atoms. The van der Waals surface area contributed by atoms with Crippen molar-refractivity contribution >= 4 is 28.6 Å². The van der Waals surface area contributed by atoms with Crippen LogP contribution < -0.4 is 4.90 Å². The molecule has 0 radical (unpaired) electrons. The lowest BCUT2D eigenvalue weighted by atomic mass is 10.2. The third-order valence-corrected chi connectivity index (χ3v) is 4.48. The maximum Gasteiger partial charge on any atom is 0.331 e. The highest BCUT2D eigenvalue weighted by Gasteiger charge is 2.29. The maximum atomic E-state index is 12.5. The zero-order valence-electron chi connectivity index (χ0n) is 12.3. The number of amidine groups is 1. The molecule has 0 atom stereocenters. The summed E-state index contributed by atoms with van der Waals surface area (Å²) < 4.78 is 0. The topological polar surface area (TPSA) is 35.9 Å². The predicted molar refractivity (Wildman–Crippen MR) is 92.1 cm³/mol. The molecule has 2 aromatic carbocycles. The van der Waals surface area contributed by atoms with Gasteiger partial charge in [0.25, 0.3) is 0 Å². The molecule has 112 valence electrons. The minimum atomic E-state index is -0.0447. The van der Waals surface area contributed by atoms with Crippen LogP contribution in [0, 0.1) is 0 Å². The van der Waals surface area contributed by atoms with Crippen LogP contribution in [0.5, 0.6) is 0 Å². The molecular weight excluding hydrogens is 294 g/mol. The Labute approximate surface area is 134 Å². The number of urea groups is 1. The minimum Gasteiger partial charge on any atom is -0.284 e. The second-order valence-electron chi connectivity index (χ2n) is 4.96. The summed E-state index contributed by atoms with van der Waals surface area (Å²) in [5.74, 6) is 0.584. The number of carbonyl (C=O) groups is 1. The molecule has 0 aliphatic carbocycles. The van der Waals surface area contributed by atoms with Gasteiger partial charge in [-0.05, 0) is 17.7 Å². The van der Waals surface area contributed by atoms with Crippen LogP contribution in [0.15, 0.2) is 65.7 Å². The molecule has 2 amide bonds. The summed E-state index contributed by atoms with van der Waals surface area (Å²) in [7, 11) is 1.77. The van der Waals surface area contributed by atoms with E-state index in [-0.39, 0.29) is 6.03 Å². The fourth-order valence-corrected chi connectivity index (χ4v) is 3.16. The van der Waals surface area contributed by atoms with E-state index in [1.165, 1.54) is 0 Å². The zero-order chi connectivity index (χ0) is 15.4. The minimum absolute atomic E-state index is 0.0447. The van der Waals surface area contributed by atoms with Crippen LogP contribution in [0.25, 0.3) is 0 Å². The van der Waals surface area contributed by atoms with Crippen molar-refractivity contribution in [2.45, 2.75) is 6.54 Å². The number of hydrogen-bond acceptors (Lipinski definition) is 3. The highest BCUT2D eigenvalue weighted by molar-refractivity contribution is 8.14. The fraction of sp³-hybridized carbons (Fsp3) is 0.176. The summed E-state index contributed by atoms with van der Waals surface area (Å²) in [6.45, 7) is 0.589. The first-order valence-electron chi connectivity index (χ1n) is 7.07. The number of carbonyl (C=O) groups excluding carboxylic acids is 1. The van der Waals surface area contributed by atoms with E-state index in [4.69, 9.17) is 0 Å². The van der Waals surface area contributed by atoms with E-state index in [0.29, 0.717) is 12.4 Å². The highest BCUT2D eigenvalue weighted by atomic mass is 32.2. The molecule has 1 saturated heterocycles. The molecule has 0 N–H and O–H groups in total. The number of thioether (sulfide) groups is 1. The Morgan fingerprint density at radius 1 is 1.05 bits per heavy atom. The van der Waals surface area contributed by atoms with Crippen LogP contribution in [0.3, 0.4) is 0 Å². The molecule has 0 aromatic heterocycles. The van der Waals surface area contributed by atoms with E-state index < -0.39 is 0 Å². The van der Waals surface area contributed by atoms with Crippen LogP contribution in [-0.4, -0.2) is 29.0 Å². The van der Waals surface area contributed by atoms with Gasteiger partial charge < -0.3 is 0 Å². The molecule has 2 aromatic rings. The molecule has 4 nitrogen and oxygen atoms in total. The summed E-state index contributed by atoms with van der Waals surface area (Å²) >= 11 is 1.58. The van der Waals surface area contributed by atoms with Crippen LogP contribution in [-0.2, 0) is 6.54 Å². The zero-order valence-corrected chi connectivity index (χ0v) is 13.2. The molecule has 0 spiro atoms. The van der Waals surface area contributed by atoms with Crippen molar-refractivity contribution in [3.8, 4) is 0 Å². The number of aliphatic imine (C=N–C) groups is 1. The largest absolute Gasteiger partial charge is 0.331 e. The standard InChI is InChI=1S/C17H17N3OS/c1-19-16(18-12-14-8-4-2-5-9-14)22-13-20(17(19)21)15-10-6-3-7-11-15/h2-11H,12-13H2,1H3/b18-16+. The first-order chi connectivity index (χ1) is 10.8. The van der Waals surface area contributed by atoms with Crippen LogP contribution in [0.2, 0.25) is 0 Å². The van der Waals surface area contributed by atoms with E-state index in [0.717, 1.165) is 16.4 Å². The van der Waals surface area contributed by atoms with E-state index in [1.807, 2.05) is 60.7 Å². The van der Waals surface area contributed by atoms with Crippen molar-refractivity contribution in [2.75, 3.05) is 17.8 Å². The summed E-state index contributed by atoms with van der Waals surface area (Å²) in [5.41, 5.74) is 2.05. The molecule has 1 aliphatic rings. The first kappa shape index (κ1) is 14.7. The summed E-state index contributed by atoms with van der Waals surface area (Å²) in [4.78, 5) is 20.4. The van der Waals surface area contributed by atoms with Gasteiger partial charge in [0, 0.05) is 12.7 Å². The van der Waals surface area contributed by atoms with Crippen molar-refractivity contribution in [1.29, 1.82) is 0 Å². The number of amides is 2. The molecule has 3 rings (SSSR count). The number of benzene rings is 2. The van der Waals surface area contributed by atoms with Gasteiger partial charge in [-0.1, -0.05) is 60.3 Å². The molecule has 5 heteroatoms. The lowest BCUT2D eigenvalue weighted by molar-refractivity contribution is 0.233. The summed E-state index contributed by atoms with van der Waals surface area (Å²) in [6.07, 6.45) is 0. The molecule has 0 saturated carbocycles. The lowest BCUT2D eigenvalue weighted by Gasteiger charge is -2.33. The lowest BCUT2D eigenvalue weighted by Crippen LogP contribution is -2.48. The monoisotopic (exact) mass is 311 g/mol. The Hall–Kier alpha value is -2.27. The smallest absolute Gasteiger partial charge is 0.284 e. The van der Waals surface area contributed by atoms with Gasteiger partial charge in [-0.15, -0.1) is 0 Å². The van der Waals surface area contributed by atoms with Crippen LogP contribution >= 0.6 is 11.8 Å². The summed E-state index contributed by atoms with van der Waals surface area (Å²) in [5, 5.41) is 0.765. The first-order valence-corrected chi connectivity index (χ1v) is 8.06. The maximum absolute atomic E-state index is 12.5. The summed E-state index contributed by atoms with van der Waals surface area (Å²) in [6, 6.07) is 19.7. The predicted octanol–water partition coefficient (Wildman–Crippen LogP) is 3.81. The second-order valence-corrected chi connectivity index (χ2v) is 5.88. The fourth-order valence-electron chi connectivity index (χ4n) is 2.22. The van der Waals surface area contributed by atoms with Crippen molar-refractivity contribution < 1.29 is 4.79 Å². The van der Waals surface area contributed by atoms with Crippen LogP contribution in [0.1, 0.15) is 5.56 Å². The number of hydrogen-bond donors (Lipinski definition) is 0. The Kier molecular flexibility index (Phi) is 4.44. The van der Waals surface area contributed by atoms with E-state index in [1.54, 1.807) is 28.6 Å².